The summed E-state index contributed by atoms with van der Waals surface area (Å²) in [5, 5.41) is 14.5. The summed E-state index contributed by atoms with van der Waals surface area (Å²) < 4.78 is 2.87. The third-order valence-corrected chi connectivity index (χ3v) is 3.52. The Bertz CT molecular complexity index is 508. The van der Waals surface area contributed by atoms with E-state index in [-0.39, 0.29) is 0 Å². The average molecular weight is 309 g/mol. The van der Waals surface area contributed by atoms with Crippen LogP contribution in [-0.2, 0) is 6.54 Å². The van der Waals surface area contributed by atoms with Crippen molar-refractivity contribution in [1.82, 2.24) is 9.78 Å². The van der Waals surface area contributed by atoms with Gasteiger partial charge in [-0.2, -0.15) is 5.10 Å². The molecule has 0 saturated heterocycles. The minimum atomic E-state index is -0.532. The highest BCUT2D eigenvalue weighted by molar-refractivity contribution is 9.10. The second-order valence-corrected chi connectivity index (χ2v) is 5.50. The van der Waals surface area contributed by atoms with Crippen LogP contribution in [0.15, 0.2) is 41.0 Å². The number of aromatic nitrogens is 2. The number of nitrogens with zero attached hydrogens (tertiary/aromatic N) is 2. The van der Waals surface area contributed by atoms with Crippen molar-refractivity contribution in [2.75, 3.05) is 0 Å². The van der Waals surface area contributed by atoms with Gasteiger partial charge >= 0.3 is 0 Å². The molecule has 96 valence electrons. The Labute approximate surface area is 116 Å². The van der Waals surface area contributed by atoms with E-state index in [0.29, 0.717) is 12.5 Å². The van der Waals surface area contributed by atoms with E-state index in [1.54, 1.807) is 6.20 Å². The zero-order valence-electron chi connectivity index (χ0n) is 10.5. The molecule has 0 aliphatic carbocycles. The van der Waals surface area contributed by atoms with Crippen LogP contribution >= 0.6 is 15.9 Å². The van der Waals surface area contributed by atoms with E-state index < -0.39 is 6.10 Å². The number of hydrogen-bond donors (Lipinski definition) is 1. The van der Waals surface area contributed by atoms with Gasteiger partial charge in [-0.25, -0.2) is 0 Å². The van der Waals surface area contributed by atoms with E-state index in [0.717, 1.165) is 15.7 Å². The molecule has 3 nitrogen and oxygen atoms in total. The van der Waals surface area contributed by atoms with Gasteiger partial charge in [-0.3, -0.25) is 4.68 Å². The molecule has 1 aromatic carbocycles. The molecule has 0 radical (unpaired) electrons. The number of rotatable bonds is 4. The zero-order chi connectivity index (χ0) is 13.1. The van der Waals surface area contributed by atoms with Gasteiger partial charge in [-0.05, 0) is 27.4 Å². The molecule has 1 aromatic heterocycles. The molecule has 2 rings (SSSR count). The molecule has 0 bridgehead atoms. The fourth-order valence-electron chi connectivity index (χ4n) is 2.04. The minimum Gasteiger partial charge on any atom is -0.386 e. The number of aliphatic hydroxyl groups is 1. The maximum absolute atomic E-state index is 10.2. The molecule has 0 aliphatic heterocycles. The van der Waals surface area contributed by atoms with Crippen molar-refractivity contribution in [1.29, 1.82) is 0 Å². The Morgan fingerprint density at radius 3 is 2.56 bits per heavy atom. The maximum atomic E-state index is 10.2. The lowest BCUT2D eigenvalue weighted by atomic mass is 10.1. The van der Waals surface area contributed by atoms with Gasteiger partial charge in [-0.15, -0.1) is 0 Å². The van der Waals surface area contributed by atoms with E-state index in [9.17, 15) is 5.11 Å². The molecule has 0 aliphatic rings. The SMILES string of the molecule is CC(C)c1c(Br)cnn1CC(O)c1ccccc1. The van der Waals surface area contributed by atoms with Gasteiger partial charge in [0.2, 0.25) is 0 Å². The molecule has 1 N–H and O–H groups in total. The van der Waals surface area contributed by atoms with Crippen LogP contribution in [-0.4, -0.2) is 14.9 Å². The Balaban J connectivity index is 2.20. The van der Waals surface area contributed by atoms with Crippen LogP contribution in [0.25, 0.3) is 0 Å². The first kappa shape index (κ1) is 13.3. The monoisotopic (exact) mass is 308 g/mol. The topological polar surface area (TPSA) is 38.0 Å². The van der Waals surface area contributed by atoms with Gasteiger partial charge in [0, 0.05) is 0 Å². The number of hydrogen-bond acceptors (Lipinski definition) is 2. The summed E-state index contributed by atoms with van der Waals surface area (Å²) in [6, 6.07) is 9.67. The third-order valence-electron chi connectivity index (χ3n) is 2.91. The molecule has 0 saturated carbocycles. The Morgan fingerprint density at radius 2 is 1.94 bits per heavy atom. The lowest BCUT2D eigenvalue weighted by molar-refractivity contribution is 0.150. The van der Waals surface area contributed by atoms with Gasteiger partial charge in [0.25, 0.3) is 0 Å². The van der Waals surface area contributed by atoms with Crippen LogP contribution in [0.1, 0.15) is 37.1 Å². The molecule has 1 atom stereocenters. The molecule has 0 fully saturated rings. The van der Waals surface area contributed by atoms with Gasteiger partial charge in [0.1, 0.15) is 0 Å². The molecule has 0 amide bonds. The van der Waals surface area contributed by atoms with E-state index in [2.05, 4.69) is 34.9 Å². The number of benzene rings is 1. The van der Waals surface area contributed by atoms with Crippen LogP contribution in [0.5, 0.6) is 0 Å². The van der Waals surface area contributed by atoms with Gasteiger partial charge in [0.05, 0.1) is 29.0 Å². The fraction of sp³-hybridized carbons (Fsp3) is 0.357. The van der Waals surface area contributed by atoms with Gasteiger partial charge < -0.3 is 5.11 Å². The Morgan fingerprint density at radius 1 is 1.28 bits per heavy atom. The van der Waals surface area contributed by atoms with Crippen molar-refractivity contribution in [3.8, 4) is 0 Å². The first-order valence-electron chi connectivity index (χ1n) is 6.03. The minimum absolute atomic E-state index is 0.366. The zero-order valence-corrected chi connectivity index (χ0v) is 12.1. The molecular weight excluding hydrogens is 292 g/mol. The van der Waals surface area contributed by atoms with E-state index in [1.165, 1.54) is 0 Å². The van der Waals surface area contributed by atoms with Crippen molar-refractivity contribution < 1.29 is 5.11 Å². The first-order valence-corrected chi connectivity index (χ1v) is 6.83. The smallest absolute Gasteiger partial charge is 0.0986 e. The summed E-state index contributed by atoms with van der Waals surface area (Å²) in [6.45, 7) is 4.71. The second kappa shape index (κ2) is 5.67. The van der Waals surface area contributed by atoms with Gasteiger partial charge in [0.15, 0.2) is 0 Å². The predicted octanol–water partition coefficient (Wildman–Crippen LogP) is 3.50. The fourth-order valence-corrected chi connectivity index (χ4v) is 2.79. The molecule has 2 aromatic rings. The predicted molar refractivity (Wildman–Crippen MR) is 75.4 cm³/mol. The molecule has 18 heavy (non-hydrogen) atoms. The van der Waals surface area contributed by atoms with Crippen molar-refractivity contribution in [3.63, 3.8) is 0 Å². The van der Waals surface area contributed by atoms with Crippen molar-refractivity contribution in [2.24, 2.45) is 0 Å². The van der Waals surface area contributed by atoms with E-state index in [4.69, 9.17) is 0 Å². The van der Waals surface area contributed by atoms with Crippen LogP contribution in [0.3, 0.4) is 0 Å². The van der Waals surface area contributed by atoms with Crippen LogP contribution < -0.4 is 0 Å². The highest BCUT2D eigenvalue weighted by atomic mass is 79.9. The molecule has 4 heteroatoms. The van der Waals surface area contributed by atoms with E-state index >= 15 is 0 Å². The normalized spacial score (nSPS) is 12.9. The summed E-state index contributed by atoms with van der Waals surface area (Å²) in [5.41, 5.74) is 2.03. The average Bonchev–Trinajstić information content (AvgIpc) is 2.71. The Hall–Kier alpha value is -1.13. The standard InChI is InChI=1S/C14H17BrN2O/c1-10(2)14-12(15)8-16-17(14)9-13(18)11-6-4-3-5-7-11/h3-8,10,13,18H,9H2,1-2H3. The van der Waals surface area contributed by atoms with Crippen molar-refractivity contribution in [2.45, 2.75) is 32.4 Å². The Kier molecular flexibility index (Phi) is 4.19. The summed E-state index contributed by atoms with van der Waals surface area (Å²) in [4.78, 5) is 0. The third kappa shape index (κ3) is 2.82. The van der Waals surface area contributed by atoms with Crippen LogP contribution in [0, 0.1) is 0 Å². The molecule has 0 spiro atoms. The highest BCUT2D eigenvalue weighted by Gasteiger charge is 2.16. The second-order valence-electron chi connectivity index (χ2n) is 4.64. The molecule has 1 heterocycles. The van der Waals surface area contributed by atoms with Crippen molar-refractivity contribution in [3.05, 3.63) is 52.3 Å². The summed E-state index contributed by atoms with van der Waals surface area (Å²) in [7, 11) is 0. The summed E-state index contributed by atoms with van der Waals surface area (Å²) >= 11 is 3.50. The number of halogens is 1. The summed E-state index contributed by atoms with van der Waals surface area (Å²) in [6.07, 6.45) is 1.25. The molecular formula is C14H17BrN2O. The lowest BCUT2D eigenvalue weighted by Crippen LogP contribution is -2.13. The van der Waals surface area contributed by atoms with E-state index in [1.807, 2.05) is 35.0 Å². The van der Waals surface area contributed by atoms with Gasteiger partial charge in [-0.1, -0.05) is 44.2 Å². The number of aliphatic hydroxyl groups excluding tert-OH is 1. The summed E-state index contributed by atoms with van der Waals surface area (Å²) in [5.74, 6) is 0.366. The van der Waals surface area contributed by atoms with Crippen LogP contribution in [0.2, 0.25) is 0 Å². The molecule has 1 unspecified atom stereocenters. The maximum Gasteiger partial charge on any atom is 0.0986 e. The largest absolute Gasteiger partial charge is 0.386 e. The quantitative estimate of drug-likeness (QED) is 0.938. The van der Waals surface area contributed by atoms with Crippen molar-refractivity contribution >= 4 is 15.9 Å². The lowest BCUT2D eigenvalue weighted by Gasteiger charge is -2.15. The first-order chi connectivity index (χ1) is 8.59. The highest BCUT2D eigenvalue weighted by Crippen LogP contribution is 2.26. The van der Waals surface area contributed by atoms with Crippen LogP contribution in [0.4, 0.5) is 0 Å².